The highest BCUT2D eigenvalue weighted by Gasteiger charge is 2.23. The first-order valence-corrected chi connectivity index (χ1v) is 8.66. The third-order valence-electron chi connectivity index (χ3n) is 3.42. The van der Waals surface area contributed by atoms with Crippen LogP contribution in [0.2, 0.25) is 0 Å². The largest absolute Gasteiger partial charge is 0.493 e. The van der Waals surface area contributed by atoms with Crippen molar-refractivity contribution in [3.05, 3.63) is 59.0 Å². The van der Waals surface area contributed by atoms with Gasteiger partial charge in [-0.1, -0.05) is 24.3 Å². The maximum atomic E-state index is 12.2. The van der Waals surface area contributed by atoms with E-state index in [0.717, 1.165) is 11.3 Å². The molecule has 1 N–H and O–H groups in total. The molecule has 0 spiro atoms. The van der Waals surface area contributed by atoms with Crippen LogP contribution in [0.3, 0.4) is 0 Å². The van der Waals surface area contributed by atoms with Gasteiger partial charge in [-0.3, -0.25) is 4.79 Å². The number of ether oxygens (including phenoxy) is 2. The van der Waals surface area contributed by atoms with Gasteiger partial charge in [0.05, 0.1) is 24.3 Å². The van der Waals surface area contributed by atoms with E-state index in [1.807, 2.05) is 61.5 Å². The molecule has 5 nitrogen and oxygen atoms in total. The summed E-state index contributed by atoms with van der Waals surface area (Å²) in [5.74, 6) is 1.16. The summed E-state index contributed by atoms with van der Waals surface area (Å²) in [4.78, 5) is 17.2. The summed E-state index contributed by atoms with van der Waals surface area (Å²) in [5.41, 5.74) is 1.66. The van der Waals surface area contributed by atoms with Gasteiger partial charge in [-0.2, -0.15) is 0 Å². The van der Waals surface area contributed by atoms with E-state index in [1.165, 1.54) is 11.8 Å². The summed E-state index contributed by atoms with van der Waals surface area (Å²) in [6.07, 6.45) is 1.81. The summed E-state index contributed by atoms with van der Waals surface area (Å²) < 4.78 is 10.9. The van der Waals surface area contributed by atoms with Crippen molar-refractivity contribution in [3.63, 3.8) is 0 Å². The smallest absolute Gasteiger partial charge is 0.264 e. The maximum absolute atomic E-state index is 12.2. The van der Waals surface area contributed by atoms with E-state index in [9.17, 15) is 4.79 Å². The van der Waals surface area contributed by atoms with E-state index < -0.39 is 0 Å². The number of thioether (sulfide) groups is 1. The fourth-order valence-corrected chi connectivity index (χ4v) is 3.14. The molecular formula is C19H18N2O3S. The molecule has 0 radical (unpaired) electrons. The minimum Gasteiger partial charge on any atom is -0.493 e. The van der Waals surface area contributed by atoms with E-state index in [1.54, 1.807) is 7.11 Å². The average molecular weight is 354 g/mol. The molecule has 0 saturated carbocycles. The van der Waals surface area contributed by atoms with E-state index in [0.29, 0.717) is 28.2 Å². The van der Waals surface area contributed by atoms with Gasteiger partial charge in [-0.25, -0.2) is 4.99 Å². The van der Waals surface area contributed by atoms with Crippen LogP contribution in [-0.2, 0) is 4.79 Å². The summed E-state index contributed by atoms with van der Waals surface area (Å²) in [5, 5.41) is 3.36. The molecule has 0 aromatic heterocycles. The summed E-state index contributed by atoms with van der Waals surface area (Å²) in [6.45, 7) is 2.46. The summed E-state index contributed by atoms with van der Waals surface area (Å²) in [7, 11) is 1.60. The molecule has 6 heteroatoms. The first kappa shape index (κ1) is 17.1. The van der Waals surface area contributed by atoms with Crippen LogP contribution in [0.4, 0.5) is 5.69 Å². The number of benzene rings is 2. The SMILES string of the molecule is CCOc1cc(/C=C2\SC(=Nc3ccccc3)NC2=O)ccc1OC. The van der Waals surface area contributed by atoms with Crippen molar-refractivity contribution in [1.29, 1.82) is 0 Å². The number of hydrogen-bond donors (Lipinski definition) is 1. The van der Waals surface area contributed by atoms with E-state index in [-0.39, 0.29) is 5.91 Å². The normalized spacial score (nSPS) is 17.0. The van der Waals surface area contributed by atoms with Crippen LogP contribution in [0.15, 0.2) is 58.4 Å². The summed E-state index contributed by atoms with van der Waals surface area (Å²) >= 11 is 1.32. The number of methoxy groups -OCH3 is 1. The Morgan fingerprint density at radius 1 is 1.16 bits per heavy atom. The quantitative estimate of drug-likeness (QED) is 0.825. The number of amides is 1. The van der Waals surface area contributed by atoms with Crippen molar-refractivity contribution >= 4 is 34.6 Å². The molecule has 1 aliphatic rings. The predicted octanol–water partition coefficient (Wildman–Crippen LogP) is 3.99. The molecule has 1 aliphatic heterocycles. The Hall–Kier alpha value is -2.73. The third-order valence-corrected chi connectivity index (χ3v) is 4.33. The molecule has 0 aliphatic carbocycles. The first-order valence-electron chi connectivity index (χ1n) is 7.85. The van der Waals surface area contributed by atoms with Crippen LogP contribution < -0.4 is 14.8 Å². The van der Waals surface area contributed by atoms with Gasteiger partial charge in [-0.15, -0.1) is 0 Å². The Kier molecular flexibility index (Phi) is 5.40. The molecule has 25 heavy (non-hydrogen) atoms. The second-order valence-corrected chi connectivity index (χ2v) is 6.19. The van der Waals surface area contributed by atoms with Gasteiger partial charge < -0.3 is 14.8 Å². The Labute approximate surface area is 150 Å². The lowest BCUT2D eigenvalue weighted by Crippen LogP contribution is -2.19. The number of hydrogen-bond acceptors (Lipinski definition) is 5. The molecule has 3 rings (SSSR count). The van der Waals surface area contributed by atoms with E-state index in [2.05, 4.69) is 10.3 Å². The zero-order chi connectivity index (χ0) is 17.6. The van der Waals surface area contributed by atoms with Crippen LogP contribution in [-0.4, -0.2) is 24.8 Å². The van der Waals surface area contributed by atoms with Crippen LogP contribution in [0.1, 0.15) is 12.5 Å². The fourth-order valence-electron chi connectivity index (χ4n) is 2.30. The fraction of sp³-hybridized carbons (Fsp3) is 0.158. The molecule has 1 saturated heterocycles. The van der Waals surface area contributed by atoms with Crippen molar-refractivity contribution in [2.75, 3.05) is 13.7 Å². The lowest BCUT2D eigenvalue weighted by molar-refractivity contribution is -0.115. The van der Waals surface area contributed by atoms with E-state index >= 15 is 0 Å². The van der Waals surface area contributed by atoms with Gasteiger partial charge >= 0.3 is 0 Å². The monoisotopic (exact) mass is 354 g/mol. The highest BCUT2D eigenvalue weighted by atomic mass is 32.2. The third kappa shape index (κ3) is 4.22. The lowest BCUT2D eigenvalue weighted by atomic mass is 10.2. The Morgan fingerprint density at radius 3 is 2.68 bits per heavy atom. The molecule has 1 heterocycles. The van der Waals surface area contributed by atoms with Crippen molar-refractivity contribution in [2.24, 2.45) is 4.99 Å². The lowest BCUT2D eigenvalue weighted by Gasteiger charge is -2.09. The highest BCUT2D eigenvalue weighted by molar-refractivity contribution is 8.18. The zero-order valence-corrected chi connectivity index (χ0v) is 14.8. The first-order chi connectivity index (χ1) is 12.2. The van der Waals surface area contributed by atoms with Gasteiger partial charge in [0.1, 0.15) is 0 Å². The molecule has 0 unspecified atom stereocenters. The maximum Gasteiger partial charge on any atom is 0.264 e. The van der Waals surface area contributed by atoms with Crippen molar-refractivity contribution in [3.8, 4) is 11.5 Å². The number of amidine groups is 1. The zero-order valence-electron chi connectivity index (χ0n) is 14.0. The van der Waals surface area contributed by atoms with Crippen LogP contribution in [0.25, 0.3) is 6.08 Å². The van der Waals surface area contributed by atoms with Gasteiger partial charge in [0.2, 0.25) is 0 Å². The number of aliphatic imine (C=N–C) groups is 1. The van der Waals surface area contributed by atoms with Crippen LogP contribution in [0.5, 0.6) is 11.5 Å². The Balaban J connectivity index is 1.83. The van der Waals surface area contributed by atoms with Crippen molar-refractivity contribution < 1.29 is 14.3 Å². The second kappa shape index (κ2) is 7.90. The second-order valence-electron chi connectivity index (χ2n) is 5.16. The van der Waals surface area contributed by atoms with Gasteiger partial charge in [0.25, 0.3) is 5.91 Å². The van der Waals surface area contributed by atoms with Crippen molar-refractivity contribution in [2.45, 2.75) is 6.92 Å². The molecule has 0 bridgehead atoms. The molecular weight excluding hydrogens is 336 g/mol. The molecule has 2 aromatic rings. The highest BCUT2D eigenvalue weighted by Crippen LogP contribution is 2.32. The standard InChI is InChI=1S/C19H18N2O3S/c1-3-24-16-11-13(9-10-15(16)23-2)12-17-18(22)21-19(25-17)20-14-7-5-4-6-8-14/h4-12H,3H2,1-2H3,(H,20,21,22)/b17-12-. The topological polar surface area (TPSA) is 59.9 Å². The van der Waals surface area contributed by atoms with Crippen LogP contribution >= 0.6 is 11.8 Å². The van der Waals surface area contributed by atoms with Crippen molar-refractivity contribution in [1.82, 2.24) is 5.32 Å². The molecule has 0 atom stereocenters. The Bertz CT molecular complexity index is 832. The molecule has 2 aromatic carbocycles. The number of nitrogens with zero attached hydrogens (tertiary/aromatic N) is 1. The predicted molar refractivity (Wildman–Crippen MR) is 101 cm³/mol. The summed E-state index contributed by atoms with van der Waals surface area (Å²) in [6, 6.07) is 15.1. The number of carbonyl (C=O) groups excluding carboxylic acids is 1. The van der Waals surface area contributed by atoms with E-state index in [4.69, 9.17) is 9.47 Å². The number of rotatable bonds is 5. The number of para-hydroxylation sites is 1. The number of nitrogens with one attached hydrogen (secondary N) is 1. The minimum absolute atomic E-state index is 0.159. The van der Waals surface area contributed by atoms with Gasteiger partial charge in [0.15, 0.2) is 16.7 Å². The molecule has 1 amide bonds. The van der Waals surface area contributed by atoms with Gasteiger partial charge in [0, 0.05) is 0 Å². The Morgan fingerprint density at radius 2 is 1.96 bits per heavy atom. The number of carbonyl (C=O) groups is 1. The van der Waals surface area contributed by atoms with Gasteiger partial charge in [-0.05, 0) is 54.6 Å². The average Bonchev–Trinajstić information content (AvgIpc) is 2.95. The minimum atomic E-state index is -0.159. The van der Waals surface area contributed by atoms with Crippen LogP contribution in [0, 0.1) is 0 Å². The molecule has 128 valence electrons. The molecule has 1 fully saturated rings.